The molecule has 0 saturated carbocycles. The summed E-state index contributed by atoms with van der Waals surface area (Å²) >= 11 is 3.62. The molecule has 2 unspecified atom stereocenters. The van der Waals surface area contributed by atoms with E-state index in [0.717, 1.165) is 50.4 Å². The molecule has 0 amide bonds. The van der Waals surface area contributed by atoms with Crippen LogP contribution in [-0.4, -0.2) is 26.1 Å². The lowest BCUT2D eigenvalue weighted by Crippen LogP contribution is -2.27. The maximum Gasteiger partial charge on any atom is 0.174 e. The van der Waals surface area contributed by atoms with E-state index in [2.05, 4.69) is 38.7 Å². The summed E-state index contributed by atoms with van der Waals surface area (Å²) < 4.78 is 17.7. The number of carbonyl (C=O) groups is 1. The lowest BCUT2D eigenvalue weighted by molar-refractivity contribution is -0.116. The monoisotopic (exact) mass is 562 g/mol. The Kier molecular flexibility index (Phi) is 7.15. The smallest absolute Gasteiger partial charge is 0.174 e. The first-order valence-electron chi connectivity index (χ1n) is 12.4. The zero-order valence-electron chi connectivity index (χ0n) is 21.4. The van der Waals surface area contributed by atoms with Crippen molar-refractivity contribution in [2.24, 2.45) is 0 Å². The van der Waals surface area contributed by atoms with Crippen LogP contribution in [0.2, 0.25) is 0 Å². The molecule has 2 N–H and O–H groups in total. The zero-order valence-corrected chi connectivity index (χ0v) is 23.0. The van der Waals surface area contributed by atoms with E-state index >= 15 is 0 Å². The van der Waals surface area contributed by atoms with Crippen LogP contribution >= 0.6 is 15.9 Å². The van der Waals surface area contributed by atoms with Crippen LogP contribution in [0.5, 0.6) is 17.2 Å². The summed E-state index contributed by atoms with van der Waals surface area (Å²) in [6.45, 7) is 4.03. The van der Waals surface area contributed by atoms with E-state index in [9.17, 15) is 4.79 Å². The molecule has 37 heavy (non-hydrogen) atoms. The van der Waals surface area contributed by atoms with Gasteiger partial charge in [0, 0.05) is 17.7 Å². The Labute approximate surface area is 226 Å². The van der Waals surface area contributed by atoms with Crippen LogP contribution in [0.3, 0.4) is 0 Å². The molecule has 1 aliphatic heterocycles. The van der Waals surface area contributed by atoms with Gasteiger partial charge in [-0.15, -0.1) is 0 Å². The SMILES string of the molecule is COc1cc(C2Nc3ccccc3NC3=C2C(=O)CC(c2ccc(OC(C)C)cc2)C3)cc(Br)c1OC. The first-order chi connectivity index (χ1) is 17.9. The fourth-order valence-corrected chi connectivity index (χ4v) is 5.79. The molecule has 2 atom stereocenters. The van der Waals surface area contributed by atoms with Gasteiger partial charge in [0.15, 0.2) is 17.3 Å². The van der Waals surface area contributed by atoms with Crippen molar-refractivity contribution in [2.45, 2.75) is 44.8 Å². The van der Waals surface area contributed by atoms with Gasteiger partial charge in [-0.25, -0.2) is 0 Å². The summed E-state index contributed by atoms with van der Waals surface area (Å²) in [5, 5.41) is 7.23. The first kappa shape index (κ1) is 25.2. The number of halogens is 1. The van der Waals surface area contributed by atoms with Gasteiger partial charge in [0.2, 0.25) is 0 Å². The molecule has 6 nitrogen and oxygen atoms in total. The summed E-state index contributed by atoms with van der Waals surface area (Å²) in [5.41, 5.74) is 5.63. The Hall–Kier alpha value is -3.45. The number of ketones is 1. The van der Waals surface area contributed by atoms with Crippen molar-refractivity contribution in [3.8, 4) is 17.2 Å². The number of fused-ring (bicyclic) bond motifs is 1. The van der Waals surface area contributed by atoms with Crippen molar-refractivity contribution in [1.82, 2.24) is 0 Å². The standard InChI is InChI=1S/C30H31BrN2O4/c1-17(2)37-21-11-9-18(10-12-21)19-14-25-28(26(34)15-19)29(33-24-8-6-5-7-23(24)32-25)20-13-22(31)30(36-4)27(16-20)35-3/h5-13,16-17,19,29,32-33H,14-15H2,1-4H3. The number of para-hydroxylation sites is 2. The molecule has 192 valence electrons. The van der Waals surface area contributed by atoms with Crippen LogP contribution in [0.4, 0.5) is 11.4 Å². The molecule has 5 rings (SSSR count). The highest BCUT2D eigenvalue weighted by Crippen LogP contribution is 2.46. The molecular formula is C30H31BrN2O4. The molecular weight excluding hydrogens is 532 g/mol. The minimum absolute atomic E-state index is 0.0786. The van der Waals surface area contributed by atoms with Crippen LogP contribution in [0.15, 0.2) is 76.4 Å². The number of Topliss-reactive ketones (excluding diaryl/α,β-unsaturated/α-hetero) is 1. The van der Waals surface area contributed by atoms with Gasteiger partial charge >= 0.3 is 0 Å². The Morgan fingerprint density at radius 3 is 2.32 bits per heavy atom. The fourth-order valence-electron chi connectivity index (χ4n) is 5.17. The normalized spacial score (nSPS) is 18.8. The second-order valence-corrected chi connectivity index (χ2v) is 10.5. The van der Waals surface area contributed by atoms with Crippen LogP contribution < -0.4 is 24.8 Å². The molecule has 0 aromatic heterocycles. The average Bonchev–Trinajstić information content (AvgIpc) is 3.05. The van der Waals surface area contributed by atoms with Crippen molar-refractivity contribution in [3.05, 3.63) is 87.5 Å². The van der Waals surface area contributed by atoms with Crippen LogP contribution in [0, 0.1) is 0 Å². The summed E-state index contributed by atoms with van der Waals surface area (Å²) in [4.78, 5) is 13.8. The van der Waals surface area contributed by atoms with Gasteiger partial charge in [-0.1, -0.05) is 24.3 Å². The van der Waals surface area contributed by atoms with Gasteiger partial charge in [-0.3, -0.25) is 4.79 Å². The topological polar surface area (TPSA) is 68.8 Å². The summed E-state index contributed by atoms with van der Waals surface area (Å²) in [6.07, 6.45) is 1.28. The third-order valence-corrected chi connectivity index (χ3v) is 7.41. The van der Waals surface area contributed by atoms with Crippen molar-refractivity contribution in [1.29, 1.82) is 0 Å². The summed E-state index contributed by atoms with van der Waals surface area (Å²) in [6, 6.07) is 19.8. The van der Waals surface area contributed by atoms with Gasteiger partial charge < -0.3 is 24.8 Å². The molecule has 3 aromatic rings. The van der Waals surface area contributed by atoms with Gasteiger partial charge in [0.25, 0.3) is 0 Å². The summed E-state index contributed by atoms with van der Waals surface area (Å²) in [7, 11) is 3.23. The average molecular weight is 563 g/mol. The van der Waals surface area contributed by atoms with Crippen LogP contribution in [0.25, 0.3) is 0 Å². The first-order valence-corrected chi connectivity index (χ1v) is 13.2. The number of ether oxygens (including phenoxy) is 3. The van der Waals surface area contributed by atoms with Crippen LogP contribution in [0.1, 0.15) is 49.8 Å². The number of nitrogens with one attached hydrogen (secondary N) is 2. The van der Waals surface area contributed by atoms with Crippen molar-refractivity contribution < 1.29 is 19.0 Å². The zero-order chi connectivity index (χ0) is 26.1. The molecule has 1 heterocycles. The Balaban J connectivity index is 1.56. The third kappa shape index (κ3) is 5.05. The minimum atomic E-state index is -0.350. The highest BCUT2D eigenvalue weighted by atomic mass is 79.9. The maximum atomic E-state index is 13.8. The number of anilines is 2. The second-order valence-electron chi connectivity index (χ2n) is 9.64. The van der Waals surface area contributed by atoms with E-state index in [4.69, 9.17) is 14.2 Å². The molecule has 2 aliphatic rings. The molecule has 0 bridgehead atoms. The number of hydrogen-bond acceptors (Lipinski definition) is 6. The van der Waals surface area contributed by atoms with Gasteiger partial charge in [-0.2, -0.15) is 0 Å². The maximum absolute atomic E-state index is 13.8. The lowest BCUT2D eigenvalue weighted by atomic mass is 9.78. The van der Waals surface area contributed by atoms with Crippen molar-refractivity contribution >= 4 is 33.1 Å². The fraction of sp³-hybridized carbons (Fsp3) is 0.300. The highest BCUT2D eigenvalue weighted by molar-refractivity contribution is 9.10. The quantitative estimate of drug-likeness (QED) is 0.330. The van der Waals surface area contributed by atoms with Gasteiger partial charge in [0.05, 0.1) is 42.2 Å². The Bertz CT molecular complexity index is 1350. The summed E-state index contributed by atoms with van der Waals surface area (Å²) in [5.74, 6) is 2.26. The van der Waals surface area contributed by atoms with E-state index in [0.29, 0.717) is 17.9 Å². The lowest BCUT2D eigenvalue weighted by Gasteiger charge is -2.30. The third-order valence-electron chi connectivity index (χ3n) is 6.82. The number of carbonyl (C=O) groups excluding carboxylic acids is 1. The Morgan fingerprint density at radius 1 is 0.919 bits per heavy atom. The highest BCUT2D eigenvalue weighted by Gasteiger charge is 2.36. The molecule has 0 spiro atoms. The number of benzene rings is 3. The molecule has 3 aromatic carbocycles. The minimum Gasteiger partial charge on any atom is -0.493 e. The van der Waals surface area contributed by atoms with E-state index in [1.54, 1.807) is 14.2 Å². The van der Waals surface area contributed by atoms with Gasteiger partial charge in [-0.05, 0) is 89.6 Å². The van der Waals surface area contributed by atoms with E-state index < -0.39 is 0 Å². The molecule has 0 fully saturated rings. The predicted molar refractivity (Wildman–Crippen MR) is 150 cm³/mol. The Morgan fingerprint density at radius 2 is 1.65 bits per heavy atom. The molecule has 0 saturated heterocycles. The van der Waals surface area contributed by atoms with E-state index in [1.807, 2.05) is 62.4 Å². The predicted octanol–water partition coefficient (Wildman–Crippen LogP) is 7.23. The van der Waals surface area contributed by atoms with Crippen molar-refractivity contribution in [3.63, 3.8) is 0 Å². The molecule has 7 heteroatoms. The number of allylic oxidation sites excluding steroid dienone is 1. The van der Waals surface area contributed by atoms with E-state index in [1.165, 1.54) is 0 Å². The van der Waals surface area contributed by atoms with E-state index in [-0.39, 0.29) is 23.8 Å². The molecule has 0 radical (unpaired) electrons. The number of hydrogen-bond donors (Lipinski definition) is 2. The number of rotatable bonds is 6. The van der Waals surface area contributed by atoms with Crippen LogP contribution in [-0.2, 0) is 4.79 Å². The second kappa shape index (κ2) is 10.5. The van der Waals surface area contributed by atoms with Gasteiger partial charge in [0.1, 0.15) is 5.75 Å². The molecule has 1 aliphatic carbocycles. The largest absolute Gasteiger partial charge is 0.493 e. The van der Waals surface area contributed by atoms with Crippen molar-refractivity contribution in [2.75, 3.05) is 24.9 Å². The number of methoxy groups -OCH3 is 2.